The van der Waals surface area contributed by atoms with Crippen molar-refractivity contribution in [2.45, 2.75) is 95.4 Å². The largest absolute Gasteiger partial charge is 0.385 e. The summed E-state index contributed by atoms with van der Waals surface area (Å²) in [5.74, 6) is -1.24. The highest BCUT2D eigenvalue weighted by Gasteiger charge is 2.66. The molecule has 1 aromatic heterocycles. The molecule has 0 unspecified atom stereocenters. The number of aromatic nitrogens is 2. The van der Waals surface area contributed by atoms with Crippen LogP contribution in [0.4, 0.5) is 10.6 Å². The number of amides is 5. The number of hydrogen-bond acceptors (Lipinski definition) is 9. The Balaban J connectivity index is 1.28. The van der Waals surface area contributed by atoms with Crippen LogP contribution in [-0.2, 0) is 24.5 Å². The van der Waals surface area contributed by atoms with E-state index in [1.54, 1.807) is 17.3 Å². The molecule has 2 spiro atoms. The number of carbonyl (C=O) groups excluding carboxylic acids is 4. The molecule has 228 valence electrons. The summed E-state index contributed by atoms with van der Waals surface area (Å²) >= 11 is 0. The quantitative estimate of drug-likeness (QED) is 0.188. The predicted molar refractivity (Wildman–Crippen MR) is 158 cm³/mol. The average Bonchev–Trinajstić information content (AvgIpc) is 3.14. The zero-order valence-electron chi connectivity index (χ0n) is 25.1. The van der Waals surface area contributed by atoms with Crippen LogP contribution < -0.4 is 16.4 Å². The van der Waals surface area contributed by atoms with Crippen molar-refractivity contribution in [3.05, 3.63) is 29.5 Å². The Morgan fingerprint density at radius 2 is 1.69 bits per heavy atom. The monoisotopic (exact) mass is 597 g/mol. The zero-order valence-corrected chi connectivity index (χ0v) is 26.1. The van der Waals surface area contributed by atoms with Gasteiger partial charge in [-0.25, -0.2) is 9.78 Å². The molecule has 1 saturated heterocycles. The Morgan fingerprint density at radius 3 is 2.31 bits per heavy atom. The molecule has 0 bridgehead atoms. The van der Waals surface area contributed by atoms with E-state index < -0.39 is 31.3 Å². The van der Waals surface area contributed by atoms with Crippen LogP contribution in [0.15, 0.2) is 23.8 Å². The zero-order chi connectivity index (χ0) is 30.4. The predicted octanol–water partition coefficient (Wildman–Crippen LogP) is 2.82. The second-order valence-corrected chi connectivity index (χ2v) is 19.2. The molecule has 0 radical (unpaired) electrons. The van der Waals surface area contributed by atoms with Gasteiger partial charge in [-0.15, -0.1) is 0 Å². The van der Waals surface area contributed by atoms with E-state index in [0.717, 1.165) is 35.9 Å². The lowest BCUT2D eigenvalue weighted by molar-refractivity contribution is -0.140. The maximum atomic E-state index is 13.8. The normalized spacial score (nSPS) is 27.8. The smallest absolute Gasteiger partial charge is 0.334 e. The molecule has 2 aliphatic carbocycles. The summed E-state index contributed by atoms with van der Waals surface area (Å²) in [5.41, 5.74) is 11.0. The number of anilines is 1. The Morgan fingerprint density at radius 1 is 1.02 bits per heavy atom. The fourth-order valence-corrected chi connectivity index (χ4v) is 7.84. The van der Waals surface area contributed by atoms with E-state index in [2.05, 4.69) is 29.6 Å². The molecule has 2 saturated carbocycles. The first-order chi connectivity index (χ1) is 19.8. The molecule has 0 aromatic carbocycles. The molecule has 2 aliphatic heterocycles. The van der Waals surface area contributed by atoms with E-state index in [0.29, 0.717) is 44.5 Å². The standard InChI is InChI=1S/C29H43N7O5Si/c1-5-6-13-34-24(37)20(22(30)31)25(38)36(27(34)40)19-7-9-28(10-8-19)16-29(17-28)21-23(33-12-11-32-21)35(26(29)39)18-41-14-15-42(2,3)4/h11-12,19H,5-10,13-18,30-31H2,1-4H3. The second-order valence-electron chi connectivity index (χ2n) is 13.6. The Bertz CT molecular complexity index is 1310. The summed E-state index contributed by atoms with van der Waals surface area (Å²) in [5, 5.41) is 0. The van der Waals surface area contributed by atoms with Crippen molar-refractivity contribution < 1.29 is 23.9 Å². The Kier molecular flexibility index (Phi) is 7.94. The van der Waals surface area contributed by atoms with Crippen molar-refractivity contribution in [3.8, 4) is 0 Å². The molecule has 3 heterocycles. The number of imide groups is 2. The first-order valence-corrected chi connectivity index (χ1v) is 18.7. The minimum atomic E-state index is -1.26. The lowest BCUT2D eigenvalue weighted by atomic mass is 9.47. The molecule has 5 amide bonds. The molecule has 1 aromatic rings. The van der Waals surface area contributed by atoms with Crippen molar-refractivity contribution in [1.29, 1.82) is 0 Å². The number of hydrogen-bond donors (Lipinski definition) is 2. The fraction of sp³-hybridized carbons (Fsp3) is 0.655. The van der Waals surface area contributed by atoms with Crippen LogP contribution in [-0.4, -0.2) is 77.5 Å². The van der Waals surface area contributed by atoms with Crippen LogP contribution in [0.25, 0.3) is 0 Å². The third-order valence-electron chi connectivity index (χ3n) is 9.35. The van der Waals surface area contributed by atoms with Crippen LogP contribution in [0.1, 0.15) is 64.0 Å². The molecule has 12 nitrogen and oxygen atoms in total. The van der Waals surface area contributed by atoms with Gasteiger partial charge in [0, 0.05) is 39.7 Å². The number of urea groups is 1. The number of barbiturate groups is 1. The summed E-state index contributed by atoms with van der Waals surface area (Å²) in [6.07, 6.45) is 8.57. The van der Waals surface area contributed by atoms with Gasteiger partial charge in [0.25, 0.3) is 11.8 Å². The third kappa shape index (κ3) is 5.10. The van der Waals surface area contributed by atoms with E-state index >= 15 is 0 Å². The van der Waals surface area contributed by atoms with Gasteiger partial charge in [0.1, 0.15) is 18.1 Å². The topological polar surface area (TPSA) is 165 Å². The van der Waals surface area contributed by atoms with E-state index in [9.17, 15) is 19.2 Å². The number of unbranched alkanes of at least 4 members (excludes halogenated alkanes) is 1. The van der Waals surface area contributed by atoms with E-state index in [4.69, 9.17) is 16.2 Å². The highest BCUT2D eigenvalue weighted by molar-refractivity contribution is 6.76. The first kappa shape index (κ1) is 30.1. The molecular formula is C29H43N7O5Si. The average molecular weight is 598 g/mol. The first-order valence-electron chi connectivity index (χ1n) is 15.0. The van der Waals surface area contributed by atoms with Gasteiger partial charge >= 0.3 is 6.03 Å². The van der Waals surface area contributed by atoms with Gasteiger partial charge in [-0.1, -0.05) is 33.0 Å². The van der Waals surface area contributed by atoms with Gasteiger partial charge in [0.05, 0.1) is 11.1 Å². The minimum Gasteiger partial charge on any atom is -0.385 e. The molecule has 4 aliphatic rings. The summed E-state index contributed by atoms with van der Waals surface area (Å²) in [6.45, 7) is 9.80. The Labute approximate surface area is 247 Å². The van der Waals surface area contributed by atoms with Crippen molar-refractivity contribution in [3.63, 3.8) is 0 Å². The summed E-state index contributed by atoms with van der Waals surface area (Å²) in [7, 11) is -1.26. The minimum absolute atomic E-state index is 0.0101. The highest BCUT2D eigenvalue weighted by atomic mass is 28.3. The molecule has 4 N–H and O–H groups in total. The van der Waals surface area contributed by atoms with Gasteiger partial charge < -0.3 is 16.2 Å². The molecule has 5 rings (SSSR count). The van der Waals surface area contributed by atoms with Crippen LogP contribution >= 0.6 is 0 Å². The summed E-state index contributed by atoms with van der Waals surface area (Å²) in [6, 6.07) is 0.0373. The van der Waals surface area contributed by atoms with Gasteiger partial charge in [-0.05, 0) is 56.4 Å². The van der Waals surface area contributed by atoms with Gasteiger partial charge in [0.2, 0.25) is 5.91 Å². The molecule has 13 heteroatoms. The van der Waals surface area contributed by atoms with Crippen molar-refractivity contribution in [1.82, 2.24) is 19.8 Å². The fourth-order valence-electron chi connectivity index (χ4n) is 7.08. The summed E-state index contributed by atoms with van der Waals surface area (Å²) < 4.78 is 5.94. The van der Waals surface area contributed by atoms with Crippen LogP contribution in [0.5, 0.6) is 0 Å². The number of fused-ring (bicyclic) bond motifs is 2. The number of carbonyl (C=O) groups is 4. The van der Waals surface area contributed by atoms with E-state index in [-0.39, 0.29) is 42.0 Å². The number of rotatable bonds is 9. The lowest BCUT2D eigenvalue weighted by Gasteiger charge is -2.56. The molecular weight excluding hydrogens is 554 g/mol. The SMILES string of the molecule is CCCCN1C(=O)C(=C(N)N)C(=O)N(C2CCC3(CC2)CC2(C3)C(=O)N(COCC[Si](C)(C)C)c3nccnc32)C1=O. The van der Waals surface area contributed by atoms with Gasteiger partial charge in [-0.3, -0.25) is 34.1 Å². The van der Waals surface area contributed by atoms with Gasteiger partial charge in [0.15, 0.2) is 5.82 Å². The van der Waals surface area contributed by atoms with Crippen molar-refractivity contribution in [2.75, 3.05) is 24.8 Å². The van der Waals surface area contributed by atoms with Gasteiger partial charge in [-0.2, -0.15) is 0 Å². The maximum Gasteiger partial charge on any atom is 0.334 e. The number of ether oxygens (including phenoxy) is 1. The number of nitrogens with two attached hydrogens (primary N) is 2. The molecule has 3 fully saturated rings. The van der Waals surface area contributed by atoms with Crippen LogP contribution in [0.2, 0.25) is 25.7 Å². The lowest BCUT2D eigenvalue weighted by Crippen LogP contribution is -2.62. The van der Waals surface area contributed by atoms with Crippen LogP contribution in [0.3, 0.4) is 0 Å². The van der Waals surface area contributed by atoms with Crippen LogP contribution in [0, 0.1) is 5.41 Å². The number of nitrogens with zero attached hydrogens (tertiary/aromatic N) is 5. The Hall–Kier alpha value is -3.32. The van der Waals surface area contributed by atoms with E-state index in [1.807, 2.05) is 6.92 Å². The second kappa shape index (κ2) is 11.1. The summed E-state index contributed by atoms with van der Waals surface area (Å²) in [4.78, 5) is 66.5. The van der Waals surface area contributed by atoms with E-state index in [1.165, 1.54) is 4.90 Å². The third-order valence-corrected chi connectivity index (χ3v) is 11.1. The molecule has 42 heavy (non-hydrogen) atoms. The van der Waals surface area contributed by atoms with Crippen molar-refractivity contribution >= 4 is 37.6 Å². The van der Waals surface area contributed by atoms with Crippen molar-refractivity contribution in [2.24, 2.45) is 16.9 Å². The molecule has 0 atom stereocenters. The highest BCUT2D eigenvalue weighted by Crippen LogP contribution is 2.65. The maximum absolute atomic E-state index is 13.8.